The van der Waals surface area contributed by atoms with Gasteiger partial charge in [0.15, 0.2) is 0 Å². The first-order valence-corrected chi connectivity index (χ1v) is 15.2. The van der Waals surface area contributed by atoms with Crippen LogP contribution in [-0.4, -0.2) is 109 Å². The molecule has 1 aromatic rings. The number of hydrogen-bond donors (Lipinski definition) is 2. The van der Waals surface area contributed by atoms with E-state index in [0.717, 1.165) is 18.5 Å². The summed E-state index contributed by atoms with van der Waals surface area (Å²) in [6, 6.07) is 4.50. The molecule has 4 rings (SSSR count). The summed E-state index contributed by atoms with van der Waals surface area (Å²) >= 11 is 2.35. The molecule has 10 nitrogen and oxygen atoms in total. The lowest BCUT2D eigenvalue weighted by Gasteiger charge is -2.40. The van der Waals surface area contributed by atoms with Gasteiger partial charge in [-0.15, -0.1) is 0 Å². The van der Waals surface area contributed by atoms with Crippen molar-refractivity contribution in [1.82, 2.24) is 24.3 Å². The minimum absolute atomic E-state index is 0.0587. The Balaban J connectivity index is 1.69. The van der Waals surface area contributed by atoms with Crippen molar-refractivity contribution in [3.8, 4) is 5.75 Å². The molecular formula is C24H36IN5O5S. The van der Waals surface area contributed by atoms with Gasteiger partial charge in [0.2, 0.25) is 10.0 Å². The third-order valence-electron chi connectivity index (χ3n) is 6.98. The molecule has 0 saturated carbocycles. The summed E-state index contributed by atoms with van der Waals surface area (Å²) in [6.45, 7) is 8.46. The highest BCUT2D eigenvalue weighted by Gasteiger charge is 2.43. The van der Waals surface area contributed by atoms with Gasteiger partial charge < -0.3 is 20.1 Å². The monoisotopic (exact) mass is 633 g/mol. The van der Waals surface area contributed by atoms with Crippen molar-refractivity contribution >= 4 is 38.5 Å². The van der Waals surface area contributed by atoms with Crippen LogP contribution in [0.1, 0.15) is 31.9 Å². The highest BCUT2D eigenvalue weighted by Crippen LogP contribution is 2.41. The molecule has 1 fully saturated rings. The van der Waals surface area contributed by atoms with Crippen molar-refractivity contribution in [2.24, 2.45) is 0 Å². The smallest absolute Gasteiger partial charge is 0.268 e. The fourth-order valence-corrected chi connectivity index (χ4v) is 7.40. The van der Waals surface area contributed by atoms with E-state index in [2.05, 4.69) is 44.6 Å². The number of carbonyl (C=O) groups excluding carboxylic acids is 1. The molecule has 1 amide bonds. The van der Waals surface area contributed by atoms with Gasteiger partial charge in [0.1, 0.15) is 15.6 Å². The molecule has 0 spiro atoms. The molecule has 200 valence electrons. The molecule has 12 heteroatoms. The second kappa shape index (κ2) is 11.5. The van der Waals surface area contributed by atoms with Crippen molar-refractivity contribution in [3.63, 3.8) is 0 Å². The van der Waals surface area contributed by atoms with Crippen molar-refractivity contribution in [2.45, 2.75) is 35.4 Å². The SMILES string of the molecule is CCCN1CC2=C(C(=O)NC2c2cc(S(=O)(=O)N3CCN(CCO)CC3)ccc2OCC)N(C)C1I. The van der Waals surface area contributed by atoms with Crippen LogP contribution in [0, 0.1) is 0 Å². The van der Waals surface area contributed by atoms with Crippen LogP contribution in [0.15, 0.2) is 34.4 Å². The zero-order valence-corrected chi connectivity index (χ0v) is 24.1. The van der Waals surface area contributed by atoms with Crippen LogP contribution in [0.3, 0.4) is 0 Å². The van der Waals surface area contributed by atoms with Gasteiger partial charge in [-0.3, -0.25) is 14.6 Å². The number of benzene rings is 1. The van der Waals surface area contributed by atoms with Crippen LogP contribution >= 0.6 is 22.6 Å². The second-order valence-corrected chi connectivity index (χ2v) is 12.3. The Bertz CT molecular complexity index is 1110. The number of rotatable bonds is 9. The Morgan fingerprint density at radius 2 is 1.89 bits per heavy atom. The van der Waals surface area contributed by atoms with E-state index >= 15 is 0 Å². The molecule has 0 aliphatic carbocycles. The highest BCUT2D eigenvalue weighted by molar-refractivity contribution is 14.1. The number of hydrogen-bond acceptors (Lipinski definition) is 8. The third-order valence-corrected chi connectivity index (χ3v) is 10.5. The van der Waals surface area contributed by atoms with Gasteiger partial charge in [-0.2, -0.15) is 4.31 Å². The highest BCUT2D eigenvalue weighted by atomic mass is 127. The minimum atomic E-state index is -3.73. The number of nitrogens with one attached hydrogen (secondary N) is 1. The summed E-state index contributed by atoms with van der Waals surface area (Å²) < 4.78 is 34.6. The Morgan fingerprint density at radius 3 is 2.53 bits per heavy atom. The predicted molar refractivity (Wildman–Crippen MR) is 145 cm³/mol. The number of carbonyl (C=O) groups is 1. The number of sulfonamides is 1. The average Bonchev–Trinajstić information content (AvgIpc) is 3.19. The van der Waals surface area contributed by atoms with Gasteiger partial charge in [-0.25, -0.2) is 8.42 Å². The third kappa shape index (κ3) is 5.25. The summed E-state index contributed by atoms with van der Waals surface area (Å²) in [7, 11) is -1.80. The summed E-state index contributed by atoms with van der Waals surface area (Å²) in [4.78, 5) is 19.6. The van der Waals surface area contributed by atoms with E-state index in [4.69, 9.17) is 4.74 Å². The van der Waals surface area contributed by atoms with E-state index < -0.39 is 16.1 Å². The van der Waals surface area contributed by atoms with Crippen molar-refractivity contribution in [2.75, 3.05) is 66.1 Å². The lowest BCUT2D eigenvalue weighted by atomic mass is 9.97. The quantitative estimate of drug-likeness (QED) is 0.238. The fourth-order valence-electron chi connectivity index (χ4n) is 5.19. The lowest BCUT2D eigenvalue weighted by molar-refractivity contribution is -0.118. The van der Waals surface area contributed by atoms with Gasteiger partial charge in [-0.05, 0) is 59.7 Å². The second-order valence-electron chi connectivity index (χ2n) is 9.27. The molecule has 3 aliphatic heterocycles. The first-order valence-electron chi connectivity index (χ1n) is 12.5. The zero-order valence-electron chi connectivity index (χ0n) is 21.1. The molecule has 2 atom stereocenters. The van der Waals surface area contributed by atoms with E-state index in [0.29, 0.717) is 62.9 Å². The standard InChI is InChI=1S/C24H36IN5O5S/c1-4-8-29-16-19-21(26-23(32)22(19)27(3)24(29)25)18-15-17(6-7-20(18)35-5-2)36(33,34)30-11-9-28(10-12-30)13-14-31/h6-7,15,21,24,31H,4-5,8-14,16H2,1-3H3,(H,26,32). The Hall–Kier alpha value is -1.45. The molecule has 3 heterocycles. The van der Waals surface area contributed by atoms with Gasteiger partial charge in [0, 0.05) is 58.4 Å². The van der Waals surface area contributed by atoms with Crippen LogP contribution in [0.5, 0.6) is 5.75 Å². The largest absolute Gasteiger partial charge is 0.494 e. The van der Waals surface area contributed by atoms with Gasteiger partial charge in [0.05, 0.1) is 24.2 Å². The van der Waals surface area contributed by atoms with E-state index in [1.165, 1.54) is 4.31 Å². The Kier molecular flexibility index (Phi) is 8.83. The number of β-amino-alcohol motifs (C(OH)–C–C–N with tert-alkyl or cyclic N) is 1. The van der Waals surface area contributed by atoms with Gasteiger partial charge >= 0.3 is 0 Å². The molecule has 2 N–H and O–H groups in total. The van der Waals surface area contributed by atoms with E-state index in [1.54, 1.807) is 18.2 Å². The molecule has 2 unspecified atom stereocenters. The van der Waals surface area contributed by atoms with Crippen LogP contribution in [-0.2, 0) is 14.8 Å². The fraction of sp³-hybridized carbons (Fsp3) is 0.625. The van der Waals surface area contributed by atoms with Gasteiger partial charge in [-0.1, -0.05) is 6.92 Å². The average molecular weight is 634 g/mol. The number of ether oxygens (including phenoxy) is 1. The summed E-state index contributed by atoms with van der Waals surface area (Å²) in [5.41, 5.74) is 2.26. The van der Waals surface area contributed by atoms with Crippen LogP contribution in [0.2, 0.25) is 0 Å². The van der Waals surface area contributed by atoms with Crippen molar-refractivity contribution in [3.05, 3.63) is 35.0 Å². The summed E-state index contributed by atoms with van der Waals surface area (Å²) in [5.74, 6) is 0.426. The van der Waals surface area contributed by atoms with E-state index in [1.807, 2.05) is 18.9 Å². The summed E-state index contributed by atoms with van der Waals surface area (Å²) in [5, 5.41) is 12.3. The van der Waals surface area contributed by atoms with Crippen LogP contribution in [0.25, 0.3) is 0 Å². The summed E-state index contributed by atoms with van der Waals surface area (Å²) in [6.07, 6.45) is 0.992. The van der Waals surface area contributed by atoms with Gasteiger partial charge in [0.25, 0.3) is 5.91 Å². The zero-order chi connectivity index (χ0) is 26.0. The first-order chi connectivity index (χ1) is 17.2. The molecule has 1 aromatic carbocycles. The number of piperazine rings is 1. The number of nitrogens with zero attached hydrogens (tertiary/aromatic N) is 4. The molecule has 1 saturated heterocycles. The van der Waals surface area contributed by atoms with E-state index in [9.17, 15) is 18.3 Å². The number of alkyl halides is 1. The minimum Gasteiger partial charge on any atom is -0.494 e. The Labute approximate surface area is 227 Å². The van der Waals surface area contributed by atoms with Crippen molar-refractivity contribution in [1.29, 1.82) is 0 Å². The molecular weight excluding hydrogens is 597 g/mol. The number of amides is 1. The van der Waals surface area contributed by atoms with Crippen LogP contribution < -0.4 is 10.1 Å². The number of halogens is 1. The number of aliphatic hydroxyl groups excluding tert-OH is 1. The van der Waals surface area contributed by atoms with Crippen LogP contribution in [0.4, 0.5) is 0 Å². The maximum absolute atomic E-state index is 13.6. The molecule has 36 heavy (non-hydrogen) atoms. The maximum atomic E-state index is 13.6. The molecule has 3 aliphatic rings. The number of likely N-dealkylation sites (N-methyl/N-ethyl adjacent to an activating group) is 1. The normalized spacial score (nSPS) is 24.2. The molecule has 0 radical (unpaired) electrons. The first kappa shape index (κ1) is 27.6. The number of aliphatic hydroxyl groups is 1. The molecule has 0 bridgehead atoms. The predicted octanol–water partition coefficient (Wildman–Crippen LogP) is 1.18. The molecule has 0 aromatic heterocycles. The van der Waals surface area contributed by atoms with Crippen molar-refractivity contribution < 1.29 is 23.1 Å². The van der Waals surface area contributed by atoms with E-state index in [-0.39, 0.29) is 21.6 Å². The topological polar surface area (TPSA) is 106 Å². The lowest BCUT2D eigenvalue weighted by Crippen LogP contribution is -2.49. The Morgan fingerprint density at radius 1 is 1.17 bits per heavy atom. The maximum Gasteiger partial charge on any atom is 0.268 e.